The molecule has 0 saturated carbocycles. The predicted molar refractivity (Wildman–Crippen MR) is 131 cm³/mol. The van der Waals surface area contributed by atoms with Crippen LogP contribution in [0.3, 0.4) is 0 Å². The van der Waals surface area contributed by atoms with E-state index >= 15 is 0 Å². The summed E-state index contributed by atoms with van der Waals surface area (Å²) in [7, 11) is 0. The molecule has 0 saturated heterocycles. The van der Waals surface area contributed by atoms with Gasteiger partial charge in [-0.2, -0.15) is 4.98 Å². The van der Waals surface area contributed by atoms with Crippen molar-refractivity contribution in [1.29, 1.82) is 0 Å². The van der Waals surface area contributed by atoms with E-state index in [4.69, 9.17) is 4.42 Å². The van der Waals surface area contributed by atoms with Gasteiger partial charge >= 0.3 is 5.97 Å². The average Bonchev–Trinajstić information content (AvgIpc) is 3.31. The first-order chi connectivity index (χ1) is 17.8. The molecular formula is C24H25FN6O6. The molecule has 2 atom stereocenters. The largest absolute Gasteiger partial charge is 0.480 e. The van der Waals surface area contributed by atoms with Gasteiger partial charge in [0.2, 0.25) is 5.91 Å². The van der Waals surface area contributed by atoms with E-state index in [0.29, 0.717) is 24.5 Å². The molecule has 6 N–H and O–H groups in total. The van der Waals surface area contributed by atoms with Crippen LogP contribution in [0.2, 0.25) is 0 Å². The Hall–Kier alpha value is -4.52. The number of guanidine groups is 1. The van der Waals surface area contributed by atoms with E-state index in [0.717, 1.165) is 5.56 Å². The van der Waals surface area contributed by atoms with Crippen LogP contribution in [0.1, 0.15) is 22.3 Å². The van der Waals surface area contributed by atoms with Crippen molar-refractivity contribution in [3.8, 4) is 0 Å². The van der Waals surface area contributed by atoms with Gasteiger partial charge in [0.1, 0.15) is 11.6 Å². The molecule has 1 aliphatic heterocycles. The summed E-state index contributed by atoms with van der Waals surface area (Å²) in [6.45, 7) is 0.265. The number of carboxylic acids is 1. The molecule has 0 radical (unpaired) electrons. The van der Waals surface area contributed by atoms with Crippen LogP contribution in [0.4, 0.5) is 10.4 Å². The molecule has 1 aromatic heterocycles. The van der Waals surface area contributed by atoms with Crippen molar-refractivity contribution in [3.05, 3.63) is 59.4 Å². The maximum atomic E-state index is 13.8. The summed E-state index contributed by atoms with van der Waals surface area (Å²) in [4.78, 5) is 44.3. The summed E-state index contributed by atoms with van der Waals surface area (Å²) in [6.07, 6.45) is 0.0578. The molecule has 12 nitrogen and oxygen atoms in total. The SMILES string of the molecule is O=C(CCc1ccc(C(=O)NCC(Nc2nc3cccc(F)c3o2)C(=O)O)cc1)NC1=NCC(O)CN1. The number of hydrogen-bond acceptors (Lipinski definition) is 9. The number of aliphatic carboxylic acids is 1. The number of fused-ring (bicyclic) bond motifs is 1. The fourth-order valence-corrected chi connectivity index (χ4v) is 3.51. The van der Waals surface area contributed by atoms with Crippen molar-refractivity contribution < 1.29 is 33.4 Å². The van der Waals surface area contributed by atoms with Crippen LogP contribution in [0.15, 0.2) is 51.9 Å². The Morgan fingerprint density at radius 2 is 1.97 bits per heavy atom. The number of aromatic nitrogens is 1. The van der Waals surface area contributed by atoms with Crippen LogP contribution in [0, 0.1) is 5.82 Å². The molecular weight excluding hydrogens is 487 g/mol. The highest BCUT2D eigenvalue weighted by atomic mass is 19.1. The summed E-state index contributed by atoms with van der Waals surface area (Å²) in [5.41, 5.74) is 1.26. The van der Waals surface area contributed by atoms with Gasteiger partial charge in [-0.25, -0.2) is 9.18 Å². The quantitative estimate of drug-likeness (QED) is 0.240. The molecule has 2 unspecified atom stereocenters. The van der Waals surface area contributed by atoms with Crippen molar-refractivity contribution in [2.24, 2.45) is 4.99 Å². The lowest BCUT2D eigenvalue weighted by molar-refractivity contribution is -0.137. The number of aryl methyl sites for hydroxylation is 1. The fraction of sp³-hybridized carbons (Fsp3) is 0.292. The second-order valence-corrected chi connectivity index (χ2v) is 8.32. The number of para-hydroxylation sites is 1. The van der Waals surface area contributed by atoms with E-state index < -0.39 is 29.8 Å². The molecule has 2 heterocycles. The number of halogens is 1. The minimum Gasteiger partial charge on any atom is -0.480 e. The first kappa shape index (κ1) is 25.6. The van der Waals surface area contributed by atoms with Crippen LogP contribution in [0.25, 0.3) is 11.1 Å². The molecule has 2 amide bonds. The summed E-state index contributed by atoms with van der Waals surface area (Å²) in [5.74, 6) is -2.29. The lowest BCUT2D eigenvalue weighted by Crippen LogP contribution is -2.48. The van der Waals surface area contributed by atoms with Crippen molar-refractivity contribution in [2.75, 3.05) is 25.0 Å². The number of aliphatic hydroxyl groups is 1. The zero-order chi connectivity index (χ0) is 26.4. The lowest BCUT2D eigenvalue weighted by atomic mass is 10.1. The van der Waals surface area contributed by atoms with Gasteiger partial charge in [0.05, 0.1) is 12.6 Å². The van der Waals surface area contributed by atoms with E-state index in [-0.39, 0.29) is 42.5 Å². The Kier molecular flexibility index (Phi) is 7.93. The number of β-amino-alcohol motifs (C(OH)–C–C–N with tert-alkyl or cyclic N) is 1. The fourth-order valence-electron chi connectivity index (χ4n) is 3.51. The van der Waals surface area contributed by atoms with Gasteiger partial charge in [0.25, 0.3) is 11.9 Å². The number of hydrogen-bond donors (Lipinski definition) is 6. The second-order valence-electron chi connectivity index (χ2n) is 8.32. The van der Waals surface area contributed by atoms with Crippen molar-refractivity contribution in [1.82, 2.24) is 20.9 Å². The zero-order valence-electron chi connectivity index (χ0n) is 19.5. The van der Waals surface area contributed by atoms with E-state index in [2.05, 4.69) is 31.2 Å². The number of benzene rings is 2. The van der Waals surface area contributed by atoms with Crippen molar-refractivity contribution >= 4 is 40.9 Å². The Balaban J connectivity index is 1.26. The standard InChI is InChI=1S/C24H25FN6O6/c25-16-2-1-3-17-20(16)37-24(29-17)30-18(22(35)36)12-26-21(34)14-7-4-13(5-8-14)6-9-19(33)31-23-27-10-15(32)11-28-23/h1-5,7-8,15,18,32H,6,9-12H2,(H,26,34)(H,29,30)(H,35,36)(H2,27,28,31,33). The third-order valence-electron chi connectivity index (χ3n) is 5.51. The Morgan fingerprint density at radius 1 is 1.19 bits per heavy atom. The highest BCUT2D eigenvalue weighted by molar-refractivity contribution is 5.97. The van der Waals surface area contributed by atoms with Gasteiger partial charge in [0.15, 0.2) is 17.4 Å². The summed E-state index contributed by atoms with van der Waals surface area (Å²) in [5, 5.41) is 29.4. The predicted octanol–water partition coefficient (Wildman–Crippen LogP) is 0.631. The van der Waals surface area contributed by atoms with E-state index in [1.807, 2.05) is 0 Å². The van der Waals surface area contributed by atoms with E-state index in [9.17, 15) is 29.0 Å². The summed E-state index contributed by atoms with van der Waals surface area (Å²) in [6, 6.07) is 9.27. The minimum atomic E-state index is -1.27. The van der Waals surface area contributed by atoms with Crippen molar-refractivity contribution in [3.63, 3.8) is 0 Å². The maximum absolute atomic E-state index is 13.8. The third-order valence-corrected chi connectivity index (χ3v) is 5.51. The first-order valence-corrected chi connectivity index (χ1v) is 11.5. The Bertz CT molecular complexity index is 1330. The molecule has 0 bridgehead atoms. The van der Waals surface area contributed by atoms with Gasteiger partial charge in [-0.15, -0.1) is 0 Å². The number of aliphatic hydroxyl groups excluding tert-OH is 1. The number of nitrogens with zero attached hydrogens (tertiary/aromatic N) is 2. The molecule has 13 heteroatoms. The number of nitrogens with one attached hydrogen (secondary N) is 4. The Labute approximate surface area is 210 Å². The smallest absolute Gasteiger partial charge is 0.328 e. The average molecular weight is 512 g/mol. The summed E-state index contributed by atoms with van der Waals surface area (Å²) < 4.78 is 19.0. The topological polar surface area (TPSA) is 178 Å². The normalized spacial score (nSPS) is 15.8. The minimum absolute atomic E-state index is 0.102. The van der Waals surface area contributed by atoms with Gasteiger partial charge < -0.3 is 30.6 Å². The third kappa shape index (κ3) is 6.79. The molecule has 2 aromatic carbocycles. The molecule has 3 aromatic rings. The molecule has 0 aliphatic carbocycles. The van der Waals surface area contributed by atoms with Gasteiger partial charge in [0, 0.05) is 25.1 Å². The summed E-state index contributed by atoms with van der Waals surface area (Å²) >= 11 is 0. The number of anilines is 1. The lowest BCUT2D eigenvalue weighted by Gasteiger charge is -2.19. The molecule has 194 valence electrons. The monoisotopic (exact) mass is 512 g/mol. The van der Waals surface area contributed by atoms with Gasteiger partial charge in [-0.1, -0.05) is 18.2 Å². The van der Waals surface area contributed by atoms with E-state index in [1.54, 1.807) is 24.3 Å². The molecule has 0 fully saturated rings. The number of amides is 2. The van der Waals surface area contributed by atoms with Crippen LogP contribution in [-0.4, -0.2) is 70.7 Å². The van der Waals surface area contributed by atoms with Crippen LogP contribution in [-0.2, 0) is 16.0 Å². The zero-order valence-corrected chi connectivity index (χ0v) is 19.5. The molecule has 4 rings (SSSR count). The second kappa shape index (κ2) is 11.5. The molecule has 0 spiro atoms. The number of oxazole rings is 1. The highest BCUT2D eigenvalue weighted by Gasteiger charge is 2.22. The number of rotatable bonds is 9. The maximum Gasteiger partial charge on any atom is 0.328 e. The van der Waals surface area contributed by atoms with Gasteiger partial charge in [-0.05, 0) is 36.2 Å². The van der Waals surface area contributed by atoms with Crippen LogP contribution < -0.4 is 21.3 Å². The number of carboxylic acid groups (broad SMARTS) is 1. The van der Waals surface area contributed by atoms with Crippen LogP contribution in [0.5, 0.6) is 0 Å². The Morgan fingerprint density at radius 3 is 2.65 bits per heavy atom. The van der Waals surface area contributed by atoms with Crippen molar-refractivity contribution in [2.45, 2.75) is 25.0 Å². The first-order valence-electron chi connectivity index (χ1n) is 11.5. The number of carbonyl (C=O) groups is 3. The highest BCUT2D eigenvalue weighted by Crippen LogP contribution is 2.21. The number of carbonyl (C=O) groups excluding carboxylic acids is 2. The van der Waals surface area contributed by atoms with Gasteiger partial charge in [-0.3, -0.25) is 19.9 Å². The van der Waals surface area contributed by atoms with E-state index in [1.165, 1.54) is 18.2 Å². The molecule has 37 heavy (non-hydrogen) atoms. The van der Waals surface area contributed by atoms with Crippen LogP contribution >= 0.6 is 0 Å². The number of aliphatic imine (C=N–C) groups is 1. The molecule has 1 aliphatic rings.